The molecule has 9 nitrogen and oxygen atoms in total. The summed E-state index contributed by atoms with van der Waals surface area (Å²) in [6.07, 6.45) is 2.18. The number of nitriles is 1. The molecule has 3 aromatic rings. The normalized spacial score (nSPS) is 17.1. The number of hydrogen-bond donors (Lipinski definition) is 0. The summed E-state index contributed by atoms with van der Waals surface area (Å²) in [5, 5.41) is 11.8. The van der Waals surface area contributed by atoms with Crippen LogP contribution in [0.3, 0.4) is 0 Å². The number of benzene rings is 2. The number of carbonyl (C=O) groups is 2. The Balaban J connectivity index is 1.53. The van der Waals surface area contributed by atoms with E-state index in [1.807, 2.05) is 0 Å². The van der Waals surface area contributed by atoms with Crippen molar-refractivity contribution in [2.75, 3.05) is 43.1 Å². The number of piperazine rings is 1. The van der Waals surface area contributed by atoms with Crippen LogP contribution < -0.4 is 9.80 Å². The molecule has 0 bridgehead atoms. The average molecular weight is 511 g/mol. The van der Waals surface area contributed by atoms with Crippen LogP contribution in [0.2, 0.25) is 0 Å². The van der Waals surface area contributed by atoms with Gasteiger partial charge in [-0.15, -0.1) is 0 Å². The molecule has 1 atom stereocenters. The molecule has 2 aliphatic rings. The van der Waals surface area contributed by atoms with Crippen LogP contribution in [0.15, 0.2) is 49.1 Å². The maximum Gasteiger partial charge on any atom is 0.376 e. The maximum absolute atomic E-state index is 12.6. The monoisotopic (exact) mass is 510 g/mol. The van der Waals surface area contributed by atoms with Gasteiger partial charge >= 0.3 is 5.97 Å². The summed E-state index contributed by atoms with van der Waals surface area (Å²) in [7, 11) is 1.32. The Labute approximate surface area is 221 Å². The number of esters is 1. The molecule has 0 radical (unpaired) electrons. The fourth-order valence-electron chi connectivity index (χ4n) is 5.56. The van der Waals surface area contributed by atoms with Gasteiger partial charge in [-0.1, -0.05) is 36.9 Å². The van der Waals surface area contributed by atoms with E-state index in [2.05, 4.69) is 75.7 Å². The van der Waals surface area contributed by atoms with Crippen LogP contribution in [-0.2, 0) is 22.5 Å². The lowest BCUT2D eigenvalue weighted by Crippen LogP contribution is -2.55. The Morgan fingerprint density at radius 1 is 1.16 bits per heavy atom. The standard InChI is InChI=1S/C29H30N6O3/c1-4-25(36)35-16-15-34(17-21(35)11-13-30)28-22-12-14-33(18-23(22)31-27(32-28)29(37)38-3)24-10-6-9-20-8-5-7-19(2)26(20)24/h4-10,21H,1,11-12,14-18H2,2-3H3. The number of aromatic nitrogens is 2. The number of rotatable bonds is 5. The van der Waals surface area contributed by atoms with Crippen LogP contribution in [-0.4, -0.2) is 66.1 Å². The molecular formula is C29H30N6O3. The van der Waals surface area contributed by atoms with Gasteiger partial charge in [0.05, 0.1) is 37.9 Å². The number of carbonyl (C=O) groups excluding carboxylic acids is 2. The third-order valence-corrected chi connectivity index (χ3v) is 7.41. The third-order valence-electron chi connectivity index (χ3n) is 7.41. The number of hydrogen-bond acceptors (Lipinski definition) is 8. The van der Waals surface area contributed by atoms with E-state index in [0.717, 1.165) is 23.5 Å². The molecule has 0 N–H and O–H groups in total. The van der Waals surface area contributed by atoms with Crippen molar-refractivity contribution >= 4 is 34.2 Å². The molecule has 1 saturated heterocycles. The van der Waals surface area contributed by atoms with Crippen molar-refractivity contribution in [2.45, 2.75) is 32.4 Å². The topological polar surface area (TPSA) is 103 Å². The molecule has 2 aromatic carbocycles. The molecule has 3 heterocycles. The molecule has 1 fully saturated rings. The number of ether oxygens (including phenoxy) is 1. The first-order valence-corrected chi connectivity index (χ1v) is 12.7. The summed E-state index contributed by atoms with van der Waals surface area (Å²) in [4.78, 5) is 40.3. The highest BCUT2D eigenvalue weighted by molar-refractivity contribution is 5.97. The second kappa shape index (κ2) is 10.5. The molecule has 194 valence electrons. The second-order valence-corrected chi connectivity index (χ2v) is 9.61. The first kappa shape index (κ1) is 25.2. The van der Waals surface area contributed by atoms with E-state index in [1.165, 1.54) is 29.5 Å². The lowest BCUT2D eigenvalue weighted by atomic mass is 9.99. The van der Waals surface area contributed by atoms with Crippen molar-refractivity contribution in [3.05, 3.63) is 71.7 Å². The predicted octanol–water partition coefficient (Wildman–Crippen LogP) is 3.40. The van der Waals surface area contributed by atoms with Gasteiger partial charge in [0.15, 0.2) is 0 Å². The van der Waals surface area contributed by atoms with Crippen molar-refractivity contribution in [3.8, 4) is 6.07 Å². The van der Waals surface area contributed by atoms with Gasteiger partial charge in [0.2, 0.25) is 11.7 Å². The van der Waals surface area contributed by atoms with Crippen molar-refractivity contribution in [1.82, 2.24) is 14.9 Å². The molecule has 0 aliphatic carbocycles. The molecule has 1 aromatic heterocycles. The molecule has 0 saturated carbocycles. The Morgan fingerprint density at radius 3 is 2.68 bits per heavy atom. The minimum absolute atomic E-state index is 0.0126. The number of amides is 1. The molecule has 1 unspecified atom stereocenters. The first-order chi connectivity index (χ1) is 18.4. The summed E-state index contributed by atoms with van der Waals surface area (Å²) in [5.74, 6) is -0.0939. The van der Waals surface area contributed by atoms with Crippen LogP contribution in [0, 0.1) is 18.3 Å². The predicted molar refractivity (Wildman–Crippen MR) is 145 cm³/mol. The van der Waals surface area contributed by atoms with Crippen LogP contribution in [0.4, 0.5) is 11.5 Å². The molecular weight excluding hydrogens is 480 g/mol. The minimum atomic E-state index is -0.596. The summed E-state index contributed by atoms with van der Waals surface area (Å²) in [5.41, 5.74) is 4.12. The van der Waals surface area contributed by atoms with E-state index in [9.17, 15) is 14.9 Å². The molecule has 1 amide bonds. The van der Waals surface area contributed by atoms with Gasteiger partial charge in [-0.3, -0.25) is 4.79 Å². The third kappa shape index (κ3) is 4.54. The summed E-state index contributed by atoms with van der Waals surface area (Å²) >= 11 is 0. The Bertz CT molecular complexity index is 1460. The van der Waals surface area contributed by atoms with Gasteiger partial charge < -0.3 is 19.4 Å². The highest BCUT2D eigenvalue weighted by atomic mass is 16.5. The van der Waals surface area contributed by atoms with Crippen molar-refractivity contribution < 1.29 is 14.3 Å². The zero-order valence-electron chi connectivity index (χ0n) is 21.7. The fourth-order valence-corrected chi connectivity index (χ4v) is 5.56. The smallest absolute Gasteiger partial charge is 0.376 e. The molecule has 0 spiro atoms. The summed E-state index contributed by atoms with van der Waals surface area (Å²) in [6, 6.07) is 14.5. The van der Waals surface area contributed by atoms with Crippen LogP contribution >= 0.6 is 0 Å². The number of fused-ring (bicyclic) bond motifs is 2. The van der Waals surface area contributed by atoms with E-state index < -0.39 is 5.97 Å². The van der Waals surface area contributed by atoms with Crippen LogP contribution in [0.1, 0.15) is 33.9 Å². The van der Waals surface area contributed by atoms with Gasteiger partial charge in [0.1, 0.15) is 5.82 Å². The molecule has 9 heteroatoms. The van der Waals surface area contributed by atoms with Gasteiger partial charge in [-0.2, -0.15) is 5.26 Å². The zero-order chi connectivity index (χ0) is 26.8. The van der Waals surface area contributed by atoms with Crippen LogP contribution in [0.25, 0.3) is 10.8 Å². The van der Waals surface area contributed by atoms with E-state index in [-0.39, 0.29) is 24.2 Å². The van der Waals surface area contributed by atoms with Gasteiger partial charge in [-0.05, 0) is 36.4 Å². The zero-order valence-corrected chi connectivity index (χ0v) is 21.7. The lowest BCUT2D eigenvalue weighted by Gasteiger charge is -2.42. The van der Waals surface area contributed by atoms with Gasteiger partial charge in [0, 0.05) is 42.8 Å². The summed E-state index contributed by atoms with van der Waals surface area (Å²) in [6.45, 7) is 8.41. The van der Waals surface area contributed by atoms with Gasteiger partial charge in [-0.25, -0.2) is 14.8 Å². The van der Waals surface area contributed by atoms with Gasteiger partial charge in [0.25, 0.3) is 0 Å². The minimum Gasteiger partial charge on any atom is -0.463 e. The number of aryl methyl sites for hydroxylation is 1. The fraction of sp³-hybridized carbons (Fsp3) is 0.345. The SMILES string of the molecule is C=CC(=O)N1CCN(c2nc(C(=O)OC)nc3c2CCN(c2cccc4cccc(C)c24)C3)CC1CC#N. The Hall–Kier alpha value is -4.45. The number of nitrogens with zero attached hydrogens (tertiary/aromatic N) is 6. The lowest BCUT2D eigenvalue weighted by molar-refractivity contribution is -0.128. The largest absolute Gasteiger partial charge is 0.463 e. The van der Waals surface area contributed by atoms with Crippen molar-refractivity contribution in [2.24, 2.45) is 0 Å². The highest BCUT2D eigenvalue weighted by Crippen LogP contribution is 2.35. The molecule has 38 heavy (non-hydrogen) atoms. The van der Waals surface area contributed by atoms with E-state index >= 15 is 0 Å². The highest BCUT2D eigenvalue weighted by Gasteiger charge is 2.33. The second-order valence-electron chi connectivity index (χ2n) is 9.61. The van der Waals surface area contributed by atoms with Crippen LogP contribution in [0.5, 0.6) is 0 Å². The number of methoxy groups -OCH3 is 1. The quantitative estimate of drug-likeness (QED) is 0.380. The van der Waals surface area contributed by atoms with Crippen molar-refractivity contribution in [3.63, 3.8) is 0 Å². The Kier molecular flexibility index (Phi) is 6.97. The first-order valence-electron chi connectivity index (χ1n) is 12.7. The Morgan fingerprint density at radius 2 is 1.95 bits per heavy atom. The maximum atomic E-state index is 12.6. The summed E-state index contributed by atoms with van der Waals surface area (Å²) < 4.78 is 4.97. The average Bonchev–Trinajstić information content (AvgIpc) is 2.95. The number of anilines is 2. The van der Waals surface area contributed by atoms with Crippen molar-refractivity contribution in [1.29, 1.82) is 5.26 Å². The molecule has 2 aliphatic heterocycles. The van der Waals surface area contributed by atoms with E-state index in [1.54, 1.807) is 4.90 Å². The van der Waals surface area contributed by atoms with E-state index in [0.29, 0.717) is 38.4 Å². The molecule has 5 rings (SSSR count). The van der Waals surface area contributed by atoms with E-state index in [4.69, 9.17) is 4.74 Å².